The average molecular weight is 477 g/mol. The Morgan fingerprint density at radius 2 is 1.79 bits per heavy atom. The second kappa shape index (κ2) is 9.81. The van der Waals surface area contributed by atoms with Crippen molar-refractivity contribution in [3.8, 4) is 17.4 Å². The zero-order chi connectivity index (χ0) is 24.9. The maximum atomic E-state index is 12.8. The Balaban J connectivity index is 1.76. The van der Waals surface area contributed by atoms with Crippen LogP contribution in [0.25, 0.3) is 0 Å². The van der Waals surface area contributed by atoms with E-state index < -0.39 is 27.3 Å². The number of alkyl halides is 3. The normalized spacial score (nSPS) is 11.3. The zero-order valence-corrected chi connectivity index (χ0v) is 17.1. The number of nitro groups is 2. The van der Waals surface area contributed by atoms with Gasteiger partial charge in [-0.3, -0.25) is 25.7 Å². The van der Waals surface area contributed by atoms with Crippen LogP contribution < -0.4 is 14.9 Å². The van der Waals surface area contributed by atoms with Gasteiger partial charge in [-0.25, -0.2) is 4.98 Å². The molecule has 0 fully saturated rings. The summed E-state index contributed by atoms with van der Waals surface area (Å²) < 4.78 is 49.2. The third-order valence-electron chi connectivity index (χ3n) is 4.25. The highest BCUT2D eigenvalue weighted by atomic mass is 19.4. The summed E-state index contributed by atoms with van der Waals surface area (Å²) in [4.78, 5) is 24.1. The lowest BCUT2D eigenvalue weighted by Crippen LogP contribution is -2.06. The van der Waals surface area contributed by atoms with Crippen LogP contribution in [0.1, 0.15) is 11.1 Å². The lowest BCUT2D eigenvalue weighted by Gasteiger charge is -2.10. The number of methoxy groups -OCH3 is 1. The third kappa shape index (κ3) is 5.73. The molecule has 0 spiro atoms. The summed E-state index contributed by atoms with van der Waals surface area (Å²) in [6.45, 7) is 0. The molecular formula is C20H14F3N5O6. The molecule has 0 saturated heterocycles. The first-order valence-electron chi connectivity index (χ1n) is 9.19. The molecular weight excluding hydrogens is 463 g/mol. The van der Waals surface area contributed by atoms with Crippen molar-refractivity contribution in [2.75, 3.05) is 12.5 Å². The molecule has 0 amide bonds. The first kappa shape index (κ1) is 23.9. The standard InChI is InChI=1S/C20H14F3N5O6/c1-33-18-8-12(2-6-17(18)34-19-7-4-14(11-24-19)27(29)30)10-25-26-15-5-3-13(20(21,22)23)9-16(15)28(31)32/h2-11,26H,1H3/b25-10-. The molecule has 14 heteroatoms. The molecule has 0 saturated carbocycles. The van der Waals surface area contributed by atoms with Crippen LogP contribution in [0.5, 0.6) is 17.4 Å². The fourth-order valence-electron chi connectivity index (χ4n) is 2.63. The van der Waals surface area contributed by atoms with E-state index in [4.69, 9.17) is 9.47 Å². The van der Waals surface area contributed by atoms with Crippen molar-refractivity contribution in [2.45, 2.75) is 6.18 Å². The molecule has 0 unspecified atom stereocenters. The van der Waals surface area contributed by atoms with Gasteiger partial charge in [0.25, 0.3) is 11.4 Å². The van der Waals surface area contributed by atoms with Crippen LogP contribution in [-0.2, 0) is 6.18 Å². The van der Waals surface area contributed by atoms with Crippen LogP contribution in [0.2, 0.25) is 0 Å². The van der Waals surface area contributed by atoms with E-state index >= 15 is 0 Å². The molecule has 0 aliphatic heterocycles. The molecule has 0 aliphatic carbocycles. The molecule has 0 radical (unpaired) electrons. The van der Waals surface area contributed by atoms with Crippen LogP contribution in [0, 0.1) is 20.2 Å². The molecule has 3 rings (SSSR count). The van der Waals surface area contributed by atoms with E-state index in [-0.39, 0.29) is 28.8 Å². The SMILES string of the molecule is COc1cc(/C=N\Nc2ccc(C(F)(F)F)cc2[N+](=O)[O-])ccc1Oc1ccc([N+](=O)[O-])cn1. The van der Waals surface area contributed by atoms with Crippen molar-refractivity contribution in [3.05, 3.63) is 86.1 Å². The van der Waals surface area contributed by atoms with Crippen molar-refractivity contribution >= 4 is 23.3 Å². The molecule has 2 aromatic carbocycles. The molecule has 1 heterocycles. The highest BCUT2D eigenvalue weighted by Crippen LogP contribution is 2.35. The minimum absolute atomic E-state index is 0.0848. The molecule has 1 aromatic heterocycles. The minimum Gasteiger partial charge on any atom is -0.493 e. The summed E-state index contributed by atoms with van der Waals surface area (Å²) in [6.07, 6.45) is -2.43. The number of halogens is 3. The van der Waals surface area contributed by atoms with E-state index in [0.29, 0.717) is 17.7 Å². The molecule has 11 nitrogen and oxygen atoms in total. The summed E-state index contributed by atoms with van der Waals surface area (Å²) >= 11 is 0. The molecule has 0 bridgehead atoms. The molecule has 3 aromatic rings. The zero-order valence-electron chi connectivity index (χ0n) is 17.1. The van der Waals surface area contributed by atoms with E-state index in [9.17, 15) is 33.4 Å². The Morgan fingerprint density at radius 3 is 2.38 bits per heavy atom. The molecule has 34 heavy (non-hydrogen) atoms. The predicted octanol–water partition coefficient (Wildman–Crippen LogP) is 5.16. The topological polar surface area (TPSA) is 142 Å². The van der Waals surface area contributed by atoms with Crippen molar-refractivity contribution in [1.29, 1.82) is 0 Å². The maximum absolute atomic E-state index is 12.8. The van der Waals surface area contributed by atoms with Gasteiger partial charge in [0.2, 0.25) is 5.88 Å². The number of nitro benzene ring substituents is 1. The van der Waals surface area contributed by atoms with Crippen LogP contribution >= 0.6 is 0 Å². The Labute approximate surface area is 188 Å². The number of anilines is 1. The molecule has 0 aliphatic rings. The smallest absolute Gasteiger partial charge is 0.416 e. The average Bonchev–Trinajstić information content (AvgIpc) is 2.79. The number of hydrogen-bond donors (Lipinski definition) is 1. The minimum atomic E-state index is -4.73. The number of nitrogens with one attached hydrogen (secondary N) is 1. The second-order valence-corrected chi connectivity index (χ2v) is 6.48. The summed E-state index contributed by atoms with van der Waals surface area (Å²) in [5.41, 5.74) is 0.435. The highest BCUT2D eigenvalue weighted by Gasteiger charge is 2.33. The van der Waals surface area contributed by atoms with Gasteiger partial charge >= 0.3 is 6.18 Å². The predicted molar refractivity (Wildman–Crippen MR) is 113 cm³/mol. The summed E-state index contributed by atoms with van der Waals surface area (Å²) in [5.74, 6) is 0.582. The fraction of sp³-hybridized carbons (Fsp3) is 0.100. The van der Waals surface area contributed by atoms with Gasteiger partial charge in [0.05, 0.1) is 28.7 Å². The summed E-state index contributed by atoms with van der Waals surface area (Å²) in [7, 11) is 1.37. The number of rotatable bonds is 8. The summed E-state index contributed by atoms with van der Waals surface area (Å²) in [6, 6.07) is 9.13. The number of nitrogens with zero attached hydrogens (tertiary/aromatic N) is 4. The third-order valence-corrected chi connectivity index (χ3v) is 4.25. The molecule has 1 N–H and O–H groups in total. The molecule has 0 atom stereocenters. The van der Waals surface area contributed by atoms with Gasteiger partial charge in [0.1, 0.15) is 11.9 Å². The maximum Gasteiger partial charge on any atom is 0.416 e. The number of pyridine rings is 1. The largest absolute Gasteiger partial charge is 0.493 e. The number of hydrazone groups is 1. The molecule has 176 valence electrons. The van der Waals surface area contributed by atoms with Gasteiger partial charge in [-0.1, -0.05) is 0 Å². The van der Waals surface area contributed by atoms with Crippen molar-refractivity contribution in [1.82, 2.24) is 4.98 Å². The fourth-order valence-corrected chi connectivity index (χ4v) is 2.63. The van der Waals surface area contributed by atoms with Crippen molar-refractivity contribution in [3.63, 3.8) is 0 Å². The number of aromatic nitrogens is 1. The first-order valence-corrected chi connectivity index (χ1v) is 9.19. The van der Waals surface area contributed by atoms with E-state index in [1.807, 2.05) is 0 Å². The number of ether oxygens (including phenoxy) is 2. The van der Waals surface area contributed by atoms with Gasteiger partial charge in [-0.15, -0.1) is 0 Å². The second-order valence-electron chi connectivity index (χ2n) is 6.48. The first-order chi connectivity index (χ1) is 16.1. The highest BCUT2D eigenvalue weighted by molar-refractivity contribution is 5.82. The van der Waals surface area contributed by atoms with Gasteiger partial charge in [-0.2, -0.15) is 18.3 Å². The van der Waals surface area contributed by atoms with Crippen LogP contribution in [0.3, 0.4) is 0 Å². The van der Waals surface area contributed by atoms with Gasteiger partial charge in [0, 0.05) is 18.2 Å². The van der Waals surface area contributed by atoms with E-state index in [1.165, 1.54) is 37.6 Å². The Hall–Kier alpha value is -4.75. The Kier molecular flexibility index (Phi) is 6.89. The van der Waals surface area contributed by atoms with Crippen LogP contribution in [-0.4, -0.2) is 28.2 Å². The van der Waals surface area contributed by atoms with Crippen LogP contribution in [0.4, 0.5) is 30.2 Å². The van der Waals surface area contributed by atoms with Gasteiger partial charge in [-0.05, 0) is 35.9 Å². The van der Waals surface area contributed by atoms with Crippen molar-refractivity contribution in [2.24, 2.45) is 5.10 Å². The number of benzene rings is 2. The van der Waals surface area contributed by atoms with Gasteiger partial charge < -0.3 is 9.47 Å². The van der Waals surface area contributed by atoms with Gasteiger partial charge in [0.15, 0.2) is 11.5 Å². The van der Waals surface area contributed by atoms with Crippen molar-refractivity contribution < 1.29 is 32.5 Å². The Bertz CT molecular complexity index is 1250. The Morgan fingerprint density at radius 1 is 1.03 bits per heavy atom. The summed E-state index contributed by atoms with van der Waals surface area (Å²) in [5, 5.41) is 25.7. The monoisotopic (exact) mass is 477 g/mol. The van der Waals surface area contributed by atoms with E-state index in [1.54, 1.807) is 6.07 Å². The number of hydrogen-bond acceptors (Lipinski definition) is 9. The lowest BCUT2D eigenvalue weighted by atomic mass is 10.1. The lowest BCUT2D eigenvalue weighted by molar-refractivity contribution is -0.385. The van der Waals surface area contributed by atoms with Crippen LogP contribution in [0.15, 0.2) is 59.8 Å². The quantitative estimate of drug-likeness (QED) is 0.266. The van der Waals surface area contributed by atoms with E-state index in [2.05, 4.69) is 15.5 Å². The van der Waals surface area contributed by atoms with E-state index in [0.717, 1.165) is 12.3 Å².